The largest absolute Gasteiger partial charge is 0.507 e. The minimum absolute atomic E-state index is 0.152. The first-order valence-corrected chi connectivity index (χ1v) is 4.99. The van der Waals surface area contributed by atoms with Crippen molar-refractivity contribution < 1.29 is 14.6 Å². The third-order valence-electron chi connectivity index (χ3n) is 2.30. The summed E-state index contributed by atoms with van der Waals surface area (Å²) in [5.41, 5.74) is 1.23. The number of phenolic OH excluding ortho intramolecular Hbond substituents is 1. The fourth-order valence-corrected chi connectivity index (χ4v) is 1.49. The second-order valence-corrected chi connectivity index (χ2v) is 3.30. The first kappa shape index (κ1) is 11.2. The number of phenols is 1. The van der Waals surface area contributed by atoms with E-state index in [1.807, 2.05) is 6.07 Å². The van der Waals surface area contributed by atoms with Crippen molar-refractivity contribution in [2.45, 2.75) is 0 Å². The minimum Gasteiger partial charge on any atom is -0.507 e. The molecular formula is C12H12N2O3. The molecule has 1 heterocycles. The highest BCUT2D eigenvalue weighted by molar-refractivity contribution is 5.73. The molecule has 0 radical (unpaired) electrons. The van der Waals surface area contributed by atoms with Crippen molar-refractivity contribution in [3.8, 4) is 28.8 Å². The molecule has 0 aliphatic rings. The second kappa shape index (κ2) is 4.69. The average Bonchev–Trinajstić information content (AvgIpc) is 2.38. The van der Waals surface area contributed by atoms with Crippen LogP contribution >= 0.6 is 0 Å². The molecule has 0 aliphatic heterocycles. The highest BCUT2D eigenvalue weighted by atomic mass is 16.5. The van der Waals surface area contributed by atoms with Crippen LogP contribution in [0.15, 0.2) is 30.5 Å². The molecule has 0 aliphatic carbocycles. The number of para-hydroxylation sites is 1. The Morgan fingerprint density at radius 2 is 1.82 bits per heavy atom. The maximum absolute atomic E-state index is 9.77. The Kier molecular flexibility index (Phi) is 3.09. The minimum atomic E-state index is 0.152. The number of hydrogen-bond acceptors (Lipinski definition) is 5. The van der Waals surface area contributed by atoms with E-state index in [2.05, 4.69) is 9.97 Å². The summed E-state index contributed by atoms with van der Waals surface area (Å²) in [6, 6.07) is 7.15. The molecule has 0 fully saturated rings. The third kappa shape index (κ3) is 2.13. The highest BCUT2D eigenvalue weighted by Crippen LogP contribution is 2.34. The van der Waals surface area contributed by atoms with Crippen molar-refractivity contribution in [3.63, 3.8) is 0 Å². The van der Waals surface area contributed by atoms with Crippen molar-refractivity contribution >= 4 is 0 Å². The zero-order valence-corrected chi connectivity index (χ0v) is 9.54. The van der Waals surface area contributed by atoms with Gasteiger partial charge in [-0.25, -0.2) is 4.98 Å². The lowest BCUT2D eigenvalue weighted by Gasteiger charge is -2.09. The maximum atomic E-state index is 9.77. The Morgan fingerprint density at radius 1 is 1.06 bits per heavy atom. The molecule has 0 spiro atoms. The quantitative estimate of drug-likeness (QED) is 0.875. The van der Waals surface area contributed by atoms with Crippen LogP contribution in [0.4, 0.5) is 0 Å². The van der Waals surface area contributed by atoms with Gasteiger partial charge in [0.2, 0.25) is 5.88 Å². The molecular weight excluding hydrogens is 220 g/mol. The van der Waals surface area contributed by atoms with Gasteiger partial charge in [-0.05, 0) is 6.07 Å². The average molecular weight is 232 g/mol. The molecule has 2 rings (SSSR count). The van der Waals surface area contributed by atoms with Crippen molar-refractivity contribution in [1.82, 2.24) is 9.97 Å². The van der Waals surface area contributed by atoms with Gasteiger partial charge in [0, 0.05) is 11.8 Å². The van der Waals surface area contributed by atoms with Crippen molar-refractivity contribution in [1.29, 1.82) is 0 Å². The van der Waals surface area contributed by atoms with E-state index < -0.39 is 0 Å². The van der Waals surface area contributed by atoms with Gasteiger partial charge in [-0.15, -0.1) is 0 Å². The molecule has 0 saturated carbocycles. The zero-order chi connectivity index (χ0) is 12.3. The summed E-state index contributed by atoms with van der Waals surface area (Å²) in [6.07, 6.45) is 1.56. The third-order valence-corrected chi connectivity index (χ3v) is 2.30. The number of aromatic hydroxyl groups is 1. The van der Waals surface area contributed by atoms with Crippen LogP contribution in [0.5, 0.6) is 17.6 Å². The van der Waals surface area contributed by atoms with E-state index in [1.54, 1.807) is 24.4 Å². The number of aromatic nitrogens is 2. The Labute approximate surface area is 98.7 Å². The second-order valence-electron chi connectivity index (χ2n) is 3.30. The van der Waals surface area contributed by atoms with Gasteiger partial charge in [-0.2, -0.15) is 4.98 Å². The summed E-state index contributed by atoms with van der Waals surface area (Å²) in [5, 5.41) is 9.77. The molecule has 0 unspecified atom stereocenters. The lowest BCUT2D eigenvalue weighted by molar-refractivity contribution is 0.353. The van der Waals surface area contributed by atoms with Crippen LogP contribution in [0.3, 0.4) is 0 Å². The van der Waals surface area contributed by atoms with Crippen LogP contribution in [0.25, 0.3) is 11.1 Å². The van der Waals surface area contributed by atoms with Crippen molar-refractivity contribution in [2.24, 2.45) is 0 Å². The first-order valence-electron chi connectivity index (χ1n) is 4.99. The van der Waals surface area contributed by atoms with Gasteiger partial charge >= 0.3 is 6.01 Å². The molecule has 2 aromatic rings. The van der Waals surface area contributed by atoms with Crippen LogP contribution in [-0.2, 0) is 0 Å². The van der Waals surface area contributed by atoms with Gasteiger partial charge < -0.3 is 14.6 Å². The molecule has 88 valence electrons. The van der Waals surface area contributed by atoms with Crippen LogP contribution in [0, 0.1) is 0 Å². The predicted molar refractivity (Wildman–Crippen MR) is 62.2 cm³/mol. The molecule has 0 saturated heterocycles. The van der Waals surface area contributed by atoms with Gasteiger partial charge in [0.15, 0.2) is 0 Å². The van der Waals surface area contributed by atoms with E-state index in [-0.39, 0.29) is 11.8 Å². The maximum Gasteiger partial charge on any atom is 0.319 e. The summed E-state index contributed by atoms with van der Waals surface area (Å²) in [7, 11) is 2.99. The van der Waals surface area contributed by atoms with E-state index in [0.717, 1.165) is 0 Å². The van der Waals surface area contributed by atoms with E-state index >= 15 is 0 Å². The fraction of sp³-hybridized carbons (Fsp3) is 0.167. The van der Waals surface area contributed by atoms with Gasteiger partial charge in [-0.1, -0.05) is 18.2 Å². The van der Waals surface area contributed by atoms with Gasteiger partial charge in [0.25, 0.3) is 0 Å². The number of ether oxygens (including phenoxy) is 2. The normalized spacial score (nSPS) is 10.0. The topological polar surface area (TPSA) is 64.5 Å². The molecule has 17 heavy (non-hydrogen) atoms. The molecule has 0 atom stereocenters. The molecule has 1 aromatic carbocycles. The number of rotatable bonds is 3. The van der Waals surface area contributed by atoms with Gasteiger partial charge in [0.05, 0.1) is 19.8 Å². The summed E-state index contributed by atoms with van der Waals surface area (Å²) in [4.78, 5) is 8.06. The molecule has 5 heteroatoms. The van der Waals surface area contributed by atoms with Crippen LogP contribution < -0.4 is 9.47 Å². The van der Waals surface area contributed by atoms with E-state index in [4.69, 9.17) is 9.47 Å². The molecule has 5 nitrogen and oxygen atoms in total. The van der Waals surface area contributed by atoms with E-state index in [0.29, 0.717) is 17.0 Å². The van der Waals surface area contributed by atoms with Gasteiger partial charge in [0.1, 0.15) is 5.75 Å². The molecule has 0 amide bonds. The van der Waals surface area contributed by atoms with E-state index in [1.165, 1.54) is 14.2 Å². The SMILES string of the molecule is COc1ncc(-c2ccccc2O)c(OC)n1. The molecule has 1 aromatic heterocycles. The lowest BCUT2D eigenvalue weighted by Crippen LogP contribution is -1.97. The van der Waals surface area contributed by atoms with Crippen LogP contribution in [0.1, 0.15) is 0 Å². The zero-order valence-electron chi connectivity index (χ0n) is 9.54. The number of methoxy groups -OCH3 is 2. The van der Waals surface area contributed by atoms with Gasteiger partial charge in [-0.3, -0.25) is 0 Å². The summed E-state index contributed by atoms with van der Waals surface area (Å²) in [5.74, 6) is 0.512. The summed E-state index contributed by atoms with van der Waals surface area (Å²) < 4.78 is 10.1. The Morgan fingerprint density at radius 3 is 2.47 bits per heavy atom. The molecule has 1 N–H and O–H groups in total. The standard InChI is InChI=1S/C12H12N2O3/c1-16-11-9(7-13-12(14-11)17-2)8-5-3-4-6-10(8)15/h3-7,15H,1-2H3. The summed E-state index contributed by atoms with van der Waals surface area (Å²) >= 11 is 0. The van der Waals surface area contributed by atoms with Crippen LogP contribution in [0.2, 0.25) is 0 Å². The predicted octanol–water partition coefficient (Wildman–Crippen LogP) is 1.87. The monoisotopic (exact) mass is 232 g/mol. The Hall–Kier alpha value is -2.30. The number of nitrogens with zero attached hydrogens (tertiary/aromatic N) is 2. The summed E-state index contributed by atoms with van der Waals surface area (Å²) in [6.45, 7) is 0. The fourth-order valence-electron chi connectivity index (χ4n) is 1.49. The number of benzene rings is 1. The van der Waals surface area contributed by atoms with E-state index in [9.17, 15) is 5.11 Å². The Balaban J connectivity index is 2.56. The van der Waals surface area contributed by atoms with Crippen molar-refractivity contribution in [2.75, 3.05) is 14.2 Å². The lowest BCUT2D eigenvalue weighted by atomic mass is 10.1. The van der Waals surface area contributed by atoms with Crippen LogP contribution in [-0.4, -0.2) is 29.3 Å². The first-order chi connectivity index (χ1) is 8.26. The Bertz CT molecular complexity index is 529. The van der Waals surface area contributed by atoms with Crippen molar-refractivity contribution in [3.05, 3.63) is 30.5 Å². The number of hydrogen-bond donors (Lipinski definition) is 1. The smallest absolute Gasteiger partial charge is 0.319 e. The molecule has 0 bridgehead atoms. The highest BCUT2D eigenvalue weighted by Gasteiger charge is 2.12.